The van der Waals surface area contributed by atoms with E-state index < -0.39 is 23.3 Å². The lowest BCUT2D eigenvalue weighted by Gasteiger charge is -2.29. The molecular formula is C30H34F4O. The van der Waals surface area contributed by atoms with Crippen LogP contribution in [0.3, 0.4) is 0 Å². The topological polar surface area (TPSA) is 9.23 Å². The van der Waals surface area contributed by atoms with E-state index in [-0.39, 0.29) is 18.3 Å². The molecule has 0 saturated heterocycles. The van der Waals surface area contributed by atoms with Gasteiger partial charge in [0.1, 0.15) is 0 Å². The first-order chi connectivity index (χ1) is 16.9. The summed E-state index contributed by atoms with van der Waals surface area (Å²) in [5.74, 6) is -2.54. The number of aryl methyl sites for hydroxylation is 1. The Balaban J connectivity index is 1.34. The Morgan fingerprint density at radius 1 is 0.914 bits per heavy atom. The average molecular weight is 487 g/mol. The minimum atomic E-state index is -0.920. The largest absolute Gasteiger partial charge is 0.491 e. The lowest BCUT2D eigenvalue weighted by Crippen LogP contribution is -2.16. The molecule has 2 aromatic carbocycles. The molecule has 1 saturated carbocycles. The second-order valence-electron chi connectivity index (χ2n) is 9.87. The zero-order chi connectivity index (χ0) is 24.9. The normalized spacial score (nSPS) is 22.5. The predicted octanol–water partition coefficient (Wildman–Crippen LogP) is 8.92. The molecule has 1 atom stereocenters. The fraction of sp³-hybridized carbons (Fsp3) is 0.467. The number of hydrogen-bond donors (Lipinski definition) is 0. The van der Waals surface area contributed by atoms with Crippen LogP contribution in [0.1, 0.15) is 80.9 Å². The van der Waals surface area contributed by atoms with Crippen molar-refractivity contribution in [2.75, 3.05) is 6.61 Å². The van der Waals surface area contributed by atoms with Crippen LogP contribution in [-0.4, -0.2) is 6.61 Å². The van der Waals surface area contributed by atoms with E-state index in [2.05, 4.69) is 6.58 Å². The lowest BCUT2D eigenvalue weighted by molar-refractivity contribution is 0.296. The van der Waals surface area contributed by atoms with Crippen molar-refractivity contribution in [3.8, 4) is 5.75 Å². The van der Waals surface area contributed by atoms with E-state index >= 15 is 0 Å². The third-order valence-electron chi connectivity index (χ3n) is 7.78. The zero-order valence-corrected chi connectivity index (χ0v) is 20.4. The Labute approximate surface area is 205 Å². The maximum Gasteiger partial charge on any atom is 0.200 e. The van der Waals surface area contributed by atoms with Gasteiger partial charge in [-0.25, -0.2) is 13.2 Å². The molecule has 1 nitrogen and oxygen atoms in total. The van der Waals surface area contributed by atoms with E-state index in [9.17, 15) is 17.6 Å². The van der Waals surface area contributed by atoms with Crippen LogP contribution < -0.4 is 4.74 Å². The van der Waals surface area contributed by atoms with E-state index in [4.69, 9.17) is 4.74 Å². The summed E-state index contributed by atoms with van der Waals surface area (Å²) in [6, 6.07) is 6.57. The molecule has 0 aliphatic heterocycles. The standard InChI is InChI=1S/C30H34F4O/c1-3-19-5-10-21(11-6-19)24-16-15-23(27(31)28(24)32)14-9-20-7-12-22(13-8-20)25-17-18-26(35-4-2)30(34)29(25)33/h3,10,15-20,22H,1,4-9,11-14H2,2H3. The number of hydrogen-bond acceptors (Lipinski definition) is 1. The SMILES string of the molecule is C=CC1CC=C(c2ccc(CCC3CCC(c4ccc(OCC)c(F)c4F)CC3)c(F)c2F)CC1. The Morgan fingerprint density at radius 2 is 1.69 bits per heavy atom. The molecule has 0 radical (unpaired) electrons. The summed E-state index contributed by atoms with van der Waals surface area (Å²) in [5, 5.41) is 0. The van der Waals surface area contributed by atoms with Crippen LogP contribution in [0.4, 0.5) is 17.6 Å². The Morgan fingerprint density at radius 3 is 2.34 bits per heavy atom. The molecule has 188 valence electrons. The average Bonchev–Trinajstić information content (AvgIpc) is 2.88. The number of allylic oxidation sites excluding steroid dienone is 3. The summed E-state index contributed by atoms with van der Waals surface area (Å²) >= 11 is 0. The first kappa shape index (κ1) is 25.5. The van der Waals surface area contributed by atoms with Gasteiger partial charge in [0.25, 0.3) is 0 Å². The van der Waals surface area contributed by atoms with Gasteiger partial charge in [0.2, 0.25) is 5.82 Å². The number of ether oxygens (including phenoxy) is 1. The highest BCUT2D eigenvalue weighted by Gasteiger charge is 2.27. The molecule has 0 amide bonds. The van der Waals surface area contributed by atoms with Crippen LogP contribution in [0.5, 0.6) is 5.75 Å². The molecule has 1 unspecified atom stereocenters. The summed E-state index contributed by atoms with van der Waals surface area (Å²) in [4.78, 5) is 0. The smallest absolute Gasteiger partial charge is 0.200 e. The van der Waals surface area contributed by atoms with Gasteiger partial charge in [0.05, 0.1) is 6.61 Å². The van der Waals surface area contributed by atoms with Crippen molar-refractivity contribution < 1.29 is 22.3 Å². The monoisotopic (exact) mass is 486 g/mol. The highest BCUT2D eigenvalue weighted by atomic mass is 19.2. The van der Waals surface area contributed by atoms with Crippen molar-refractivity contribution in [1.29, 1.82) is 0 Å². The van der Waals surface area contributed by atoms with Gasteiger partial charge in [-0.3, -0.25) is 0 Å². The first-order valence-electron chi connectivity index (χ1n) is 12.8. The van der Waals surface area contributed by atoms with Crippen LogP contribution >= 0.6 is 0 Å². The summed E-state index contributed by atoms with van der Waals surface area (Å²) < 4.78 is 63.7. The third-order valence-corrected chi connectivity index (χ3v) is 7.78. The fourth-order valence-corrected chi connectivity index (χ4v) is 5.59. The second-order valence-corrected chi connectivity index (χ2v) is 9.87. The quantitative estimate of drug-likeness (QED) is 0.267. The number of benzene rings is 2. The second kappa shape index (κ2) is 11.5. The van der Waals surface area contributed by atoms with Crippen molar-refractivity contribution in [3.05, 3.63) is 83.0 Å². The van der Waals surface area contributed by atoms with Gasteiger partial charge in [-0.1, -0.05) is 30.4 Å². The summed E-state index contributed by atoms with van der Waals surface area (Å²) in [6.45, 7) is 5.83. The molecule has 0 aromatic heterocycles. The predicted molar refractivity (Wildman–Crippen MR) is 132 cm³/mol. The van der Waals surface area contributed by atoms with Crippen LogP contribution in [0.15, 0.2) is 43.0 Å². The molecule has 35 heavy (non-hydrogen) atoms. The van der Waals surface area contributed by atoms with Gasteiger partial charge in [0.15, 0.2) is 23.2 Å². The van der Waals surface area contributed by atoms with Gasteiger partial charge in [0, 0.05) is 5.56 Å². The lowest BCUT2D eigenvalue weighted by atomic mass is 9.76. The molecule has 2 aliphatic carbocycles. The molecule has 0 N–H and O–H groups in total. The molecular weight excluding hydrogens is 452 g/mol. The van der Waals surface area contributed by atoms with Crippen LogP contribution in [0, 0.1) is 35.1 Å². The zero-order valence-electron chi connectivity index (χ0n) is 20.4. The van der Waals surface area contributed by atoms with E-state index in [1.807, 2.05) is 12.2 Å². The first-order valence-corrected chi connectivity index (χ1v) is 12.8. The van der Waals surface area contributed by atoms with Crippen molar-refractivity contribution in [1.82, 2.24) is 0 Å². The van der Waals surface area contributed by atoms with Crippen molar-refractivity contribution in [2.24, 2.45) is 11.8 Å². The molecule has 0 spiro atoms. The minimum absolute atomic E-state index is 0.0330. The minimum Gasteiger partial charge on any atom is -0.491 e. The van der Waals surface area contributed by atoms with E-state index in [1.54, 1.807) is 25.1 Å². The van der Waals surface area contributed by atoms with Crippen LogP contribution in [0.25, 0.3) is 5.57 Å². The third kappa shape index (κ3) is 5.65. The van der Waals surface area contributed by atoms with Crippen LogP contribution in [0.2, 0.25) is 0 Å². The number of rotatable bonds is 8. The van der Waals surface area contributed by atoms with Crippen LogP contribution in [-0.2, 0) is 6.42 Å². The van der Waals surface area contributed by atoms with Crippen molar-refractivity contribution in [2.45, 2.75) is 70.6 Å². The molecule has 2 aliphatic rings. The number of halogens is 4. The maximum absolute atomic E-state index is 14.9. The van der Waals surface area contributed by atoms with Crippen molar-refractivity contribution in [3.63, 3.8) is 0 Å². The summed E-state index contributed by atoms with van der Waals surface area (Å²) in [7, 11) is 0. The molecule has 0 heterocycles. The summed E-state index contributed by atoms with van der Waals surface area (Å²) in [5.41, 5.74) is 2.07. The van der Waals surface area contributed by atoms with Gasteiger partial charge in [-0.15, -0.1) is 6.58 Å². The maximum atomic E-state index is 14.9. The van der Waals surface area contributed by atoms with Gasteiger partial charge in [-0.05, 0) is 105 Å². The van der Waals surface area contributed by atoms with E-state index in [1.165, 1.54) is 6.07 Å². The Bertz CT molecular complexity index is 1080. The van der Waals surface area contributed by atoms with Crippen molar-refractivity contribution >= 4 is 5.57 Å². The summed E-state index contributed by atoms with van der Waals surface area (Å²) in [6.07, 6.45) is 10.8. The molecule has 4 rings (SSSR count). The molecule has 5 heteroatoms. The Kier molecular flexibility index (Phi) is 8.35. The van der Waals surface area contributed by atoms with Gasteiger partial charge >= 0.3 is 0 Å². The molecule has 1 fully saturated rings. The molecule has 0 bridgehead atoms. The Hall–Kier alpha value is -2.56. The van der Waals surface area contributed by atoms with Gasteiger partial charge in [-0.2, -0.15) is 4.39 Å². The molecule has 2 aromatic rings. The fourth-order valence-electron chi connectivity index (χ4n) is 5.59. The van der Waals surface area contributed by atoms with E-state index in [0.29, 0.717) is 34.9 Å². The highest BCUT2D eigenvalue weighted by Crippen LogP contribution is 2.40. The highest BCUT2D eigenvalue weighted by molar-refractivity contribution is 5.67. The van der Waals surface area contributed by atoms with Gasteiger partial charge < -0.3 is 4.74 Å². The van der Waals surface area contributed by atoms with E-state index in [0.717, 1.165) is 56.9 Å².